The first-order chi connectivity index (χ1) is 24.2. The van der Waals surface area contributed by atoms with Gasteiger partial charge in [0, 0.05) is 13.0 Å². The Morgan fingerprint density at radius 3 is 1.35 bits per heavy atom. The lowest BCUT2D eigenvalue weighted by Crippen LogP contribution is -2.27. The Kier molecular flexibility index (Phi) is 41.1. The molecule has 0 aromatic rings. The van der Waals surface area contributed by atoms with Gasteiger partial charge in [0.2, 0.25) is 0 Å². The zero-order chi connectivity index (χ0) is 35.6. The van der Waals surface area contributed by atoms with Crippen LogP contribution >= 0.6 is 0 Å². The highest BCUT2D eigenvalue weighted by Crippen LogP contribution is 2.14. The van der Waals surface area contributed by atoms with Crippen molar-refractivity contribution in [2.75, 3.05) is 19.8 Å². The Morgan fingerprint density at radius 2 is 0.898 bits per heavy atom. The molecule has 0 saturated heterocycles. The topological polar surface area (TPSA) is 55.8 Å². The first-order valence-corrected chi connectivity index (χ1v) is 21.2. The number of unbranched alkanes of at least 4 members (excludes halogenated alkanes) is 23. The van der Waals surface area contributed by atoms with Gasteiger partial charge in [0.05, 0.1) is 13.2 Å². The second-order valence-corrected chi connectivity index (χ2v) is 14.1. The molecule has 0 aromatic carbocycles. The van der Waals surface area contributed by atoms with Gasteiger partial charge >= 0.3 is 5.97 Å². The van der Waals surface area contributed by atoms with E-state index in [1.54, 1.807) is 0 Å². The fraction of sp³-hybridized carbons (Fsp3) is 0.800. The van der Waals surface area contributed by atoms with Gasteiger partial charge in [-0.15, -0.1) is 0 Å². The third kappa shape index (κ3) is 40.7. The average molecular weight is 687 g/mol. The molecule has 1 N–H and O–H groups in total. The van der Waals surface area contributed by atoms with Crippen LogP contribution in [-0.2, 0) is 14.3 Å². The van der Waals surface area contributed by atoms with Crippen LogP contribution < -0.4 is 0 Å². The Hall–Kier alpha value is -1.65. The number of carbonyl (C=O) groups excluding carboxylic acids is 1. The van der Waals surface area contributed by atoms with Crippen molar-refractivity contribution >= 4 is 5.97 Å². The van der Waals surface area contributed by atoms with Gasteiger partial charge in [0.25, 0.3) is 0 Å². The monoisotopic (exact) mass is 687 g/mol. The second kappa shape index (κ2) is 42.5. The van der Waals surface area contributed by atoms with Crippen LogP contribution in [0, 0.1) is 0 Å². The van der Waals surface area contributed by atoms with E-state index in [0.29, 0.717) is 13.0 Å². The molecule has 0 aromatic heterocycles. The molecular formula is C45H82O4. The lowest BCUT2D eigenvalue weighted by molar-refractivity contribution is -0.154. The molecule has 0 saturated carbocycles. The van der Waals surface area contributed by atoms with Crippen molar-refractivity contribution in [3.63, 3.8) is 0 Å². The fourth-order valence-corrected chi connectivity index (χ4v) is 5.93. The summed E-state index contributed by atoms with van der Waals surface area (Å²) in [4.78, 5) is 12.2. The second-order valence-electron chi connectivity index (χ2n) is 14.1. The summed E-state index contributed by atoms with van der Waals surface area (Å²) in [5, 5.41) is 9.59. The van der Waals surface area contributed by atoms with Crippen LogP contribution in [-0.4, -0.2) is 37.0 Å². The molecule has 1 unspecified atom stereocenters. The molecule has 0 aliphatic heterocycles. The molecule has 0 rings (SSSR count). The van der Waals surface area contributed by atoms with Crippen molar-refractivity contribution < 1.29 is 19.4 Å². The summed E-state index contributed by atoms with van der Waals surface area (Å²) >= 11 is 0. The van der Waals surface area contributed by atoms with E-state index in [0.717, 1.165) is 38.5 Å². The molecule has 286 valence electrons. The van der Waals surface area contributed by atoms with Crippen LogP contribution in [0.3, 0.4) is 0 Å². The molecule has 0 aliphatic rings. The van der Waals surface area contributed by atoms with Gasteiger partial charge in [-0.1, -0.05) is 178 Å². The number of allylic oxidation sites excluding steroid dienone is 8. The highest BCUT2D eigenvalue weighted by Gasteiger charge is 2.13. The molecule has 4 nitrogen and oxygen atoms in total. The van der Waals surface area contributed by atoms with E-state index in [1.807, 2.05) is 0 Å². The van der Waals surface area contributed by atoms with Crippen molar-refractivity contribution in [3.8, 4) is 0 Å². The Labute approximate surface area is 305 Å². The Morgan fingerprint density at radius 1 is 0.490 bits per heavy atom. The van der Waals surface area contributed by atoms with E-state index < -0.39 is 6.10 Å². The number of hydrogen-bond acceptors (Lipinski definition) is 4. The molecular weight excluding hydrogens is 604 g/mol. The lowest BCUT2D eigenvalue weighted by Gasteiger charge is -2.15. The van der Waals surface area contributed by atoms with Crippen LogP contribution in [0.15, 0.2) is 48.6 Å². The number of esters is 1. The summed E-state index contributed by atoms with van der Waals surface area (Å²) in [6.45, 7) is 5.26. The number of aliphatic hydroxyl groups excluding tert-OH is 1. The van der Waals surface area contributed by atoms with Gasteiger partial charge in [-0.25, -0.2) is 0 Å². The van der Waals surface area contributed by atoms with Gasteiger partial charge in [0.1, 0.15) is 6.10 Å². The zero-order valence-electron chi connectivity index (χ0n) is 32.7. The van der Waals surface area contributed by atoms with Crippen LogP contribution in [0.25, 0.3) is 0 Å². The van der Waals surface area contributed by atoms with Gasteiger partial charge < -0.3 is 14.6 Å². The number of aliphatic hydroxyl groups is 1. The molecule has 49 heavy (non-hydrogen) atoms. The molecule has 4 heteroatoms. The average Bonchev–Trinajstić information content (AvgIpc) is 3.11. The van der Waals surface area contributed by atoms with E-state index in [2.05, 4.69) is 62.5 Å². The fourth-order valence-electron chi connectivity index (χ4n) is 5.93. The van der Waals surface area contributed by atoms with E-state index >= 15 is 0 Å². The Bertz CT molecular complexity index is 768. The zero-order valence-corrected chi connectivity index (χ0v) is 32.7. The van der Waals surface area contributed by atoms with Crippen LogP contribution in [0.1, 0.15) is 206 Å². The maximum Gasteiger partial charge on any atom is 0.306 e. The summed E-state index contributed by atoms with van der Waals surface area (Å²) < 4.78 is 11.1. The normalized spacial score (nSPS) is 12.8. The minimum atomic E-state index is -0.541. The summed E-state index contributed by atoms with van der Waals surface area (Å²) in [6.07, 6.45) is 54.5. The van der Waals surface area contributed by atoms with E-state index in [9.17, 15) is 9.90 Å². The minimum Gasteiger partial charge on any atom is -0.457 e. The number of ether oxygens (including phenoxy) is 2. The first-order valence-electron chi connectivity index (χ1n) is 21.2. The molecule has 0 spiro atoms. The summed E-state index contributed by atoms with van der Waals surface area (Å²) in [6, 6.07) is 0. The van der Waals surface area contributed by atoms with E-state index in [1.165, 1.54) is 148 Å². The SMILES string of the molecule is CCC/C=C\C/C=C\CCCCCCCCOCC(CO)OC(=O)CCCCCCCCCCCCC/C=C\C/C=C\CCCCCCC. The number of hydrogen-bond donors (Lipinski definition) is 1. The predicted molar refractivity (Wildman–Crippen MR) is 214 cm³/mol. The smallest absolute Gasteiger partial charge is 0.306 e. The minimum absolute atomic E-state index is 0.177. The maximum atomic E-state index is 12.2. The number of carbonyl (C=O) groups is 1. The van der Waals surface area contributed by atoms with E-state index in [-0.39, 0.29) is 19.2 Å². The molecule has 1 atom stereocenters. The summed E-state index contributed by atoms with van der Waals surface area (Å²) in [5.41, 5.74) is 0. The largest absolute Gasteiger partial charge is 0.457 e. The first kappa shape index (κ1) is 47.4. The van der Waals surface area contributed by atoms with Crippen molar-refractivity contribution in [2.24, 2.45) is 0 Å². The maximum absolute atomic E-state index is 12.2. The summed E-state index contributed by atoms with van der Waals surface area (Å²) in [7, 11) is 0. The number of rotatable bonds is 39. The van der Waals surface area contributed by atoms with Crippen LogP contribution in [0.5, 0.6) is 0 Å². The lowest BCUT2D eigenvalue weighted by atomic mass is 10.0. The third-order valence-corrected chi connectivity index (χ3v) is 9.11. The molecule has 0 radical (unpaired) electrons. The Balaban J connectivity index is 3.43. The van der Waals surface area contributed by atoms with Gasteiger partial charge in [-0.3, -0.25) is 4.79 Å². The molecule has 0 aliphatic carbocycles. The standard InChI is InChI=1S/C45H82O4/c1-3-5-7-9-11-13-15-17-19-20-21-22-23-24-25-26-27-28-30-32-34-36-38-40-45(47)49-44(42-46)43-48-41-39-37-35-33-31-29-18-16-14-12-10-8-6-4-2/h8,10,14-17,20-21,44,46H,3-7,9,11-13,18-19,22-43H2,1-2H3/b10-8-,16-14-,17-15-,21-20-. The molecule has 0 heterocycles. The molecule has 0 bridgehead atoms. The van der Waals surface area contributed by atoms with Gasteiger partial charge in [-0.05, 0) is 70.6 Å². The third-order valence-electron chi connectivity index (χ3n) is 9.11. The molecule has 0 fully saturated rings. The van der Waals surface area contributed by atoms with E-state index in [4.69, 9.17) is 9.47 Å². The van der Waals surface area contributed by atoms with Crippen molar-refractivity contribution in [2.45, 2.75) is 213 Å². The van der Waals surface area contributed by atoms with Gasteiger partial charge in [0.15, 0.2) is 0 Å². The molecule has 0 amide bonds. The van der Waals surface area contributed by atoms with Crippen LogP contribution in [0.2, 0.25) is 0 Å². The van der Waals surface area contributed by atoms with Crippen molar-refractivity contribution in [1.29, 1.82) is 0 Å². The van der Waals surface area contributed by atoms with Crippen LogP contribution in [0.4, 0.5) is 0 Å². The summed E-state index contributed by atoms with van der Waals surface area (Å²) in [5.74, 6) is -0.207. The predicted octanol–water partition coefficient (Wildman–Crippen LogP) is 13.9. The quantitative estimate of drug-likeness (QED) is 0.0397. The van der Waals surface area contributed by atoms with Gasteiger partial charge in [-0.2, -0.15) is 0 Å². The highest BCUT2D eigenvalue weighted by atomic mass is 16.6. The van der Waals surface area contributed by atoms with Crippen molar-refractivity contribution in [1.82, 2.24) is 0 Å². The highest BCUT2D eigenvalue weighted by molar-refractivity contribution is 5.69. The van der Waals surface area contributed by atoms with Crippen molar-refractivity contribution in [3.05, 3.63) is 48.6 Å².